The smallest absolute Gasteiger partial charge is 0.254 e. The summed E-state index contributed by atoms with van der Waals surface area (Å²) in [5.74, 6) is -0.269. The van der Waals surface area contributed by atoms with Crippen LogP contribution in [0.15, 0.2) is 41.2 Å². The first kappa shape index (κ1) is 17.6. The van der Waals surface area contributed by atoms with Gasteiger partial charge < -0.3 is 9.30 Å². The van der Waals surface area contributed by atoms with Crippen LogP contribution in [0.1, 0.15) is 11.3 Å². The zero-order valence-electron chi connectivity index (χ0n) is 14.0. The normalized spacial score (nSPS) is 15.8. The Morgan fingerprint density at radius 2 is 1.96 bits per heavy atom. The molecule has 6 nitrogen and oxygen atoms in total. The van der Waals surface area contributed by atoms with Gasteiger partial charge in [0.05, 0.1) is 18.8 Å². The standard InChI is InChI=1S/C17H19FN2O4S/c1-12-6-15(8-17(21)19(12)2)24-16-9-20(10-16)25(22,23)11-13-4-3-5-14(18)7-13/h3-8,16H,9-11H2,1-2H3. The van der Waals surface area contributed by atoms with Crippen molar-refractivity contribution in [1.82, 2.24) is 8.87 Å². The molecule has 0 aliphatic carbocycles. The first-order valence-corrected chi connectivity index (χ1v) is 9.42. The second kappa shape index (κ2) is 6.61. The molecule has 0 radical (unpaired) electrons. The molecule has 1 aliphatic heterocycles. The van der Waals surface area contributed by atoms with Gasteiger partial charge in [-0.25, -0.2) is 12.8 Å². The van der Waals surface area contributed by atoms with E-state index >= 15 is 0 Å². The van der Waals surface area contributed by atoms with Gasteiger partial charge >= 0.3 is 0 Å². The predicted molar refractivity (Wildman–Crippen MR) is 91.4 cm³/mol. The van der Waals surface area contributed by atoms with E-state index < -0.39 is 15.8 Å². The molecule has 0 saturated carbocycles. The lowest BCUT2D eigenvalue weighted by Crippen LogP contribution is -2.56. The van der Waals surface area contributed by atoms with Crippen LogP contribution in [-0.2, 0) is 22.8 Å². The molecule has 1 fully saturated rings. The topological polar surface area (TPSA) is 68.6 Å². The van der Waals surface area contributed by atoms with E-state index in [0.29, 0.717) is 11.3 Å². The van der Waals surface area contributed by atoms with Crippen molar-refractivity contribution >= 4 is 10.0 Å². The minimum atomic E-state index is -3.52. The lowest BCUT2D eigenvalue weighted by molar-refractivity contribution is 0.0758. The molecule has 0 spiro atoms. The molecule has 1 saturated heterocycles. The summed E-state index contributed by atoms with van der Waals surface area (Å²) in [7, 11) is -1.85. The Hall–Kier alpha value is -2.19. The minimum Gasteiger partial charge on any atom is -0.487 e. The van der Waals surface area contributed by atoms with Crippen LogP contribution in [0.3, 0.4) is 0 Å². The van der Waals surface area contributed by atoms with Crippen LogP contribution in [0, 0.1) is 12.7 Å². The van der Waals surface area contributed by atoms with E-state index in [2.05, 4.69) is 0 Å². The number of ether oxygens (including phenoxy) is 1. The third-order valence-corrected chi connectivity index (χ3v) is 6.01. The number of nitrogens with zero attached hydrogens (tertiary/aromatic N) is 2. The second-order valence-electron chi connectivity index (χ2n) is 6.17. The van der Waals surface area contributed by atoms with Gasteiger partial charge in [-0.15, -0.1) is 0 Å². The Labute approximate surface area is 145 Å². The molecule has 0 atom stereocenters. The number of hydrogen-bond donors (Lipinski definition) is 0. The van der Waals surface area contributed by atoms with Gasteiger partial charge in [-0.2, -0.15) is 4.31 Å². The molecule has 25 heavy (non-hydrogen) atoms. The third-order valence-electron chi connectivity index (χ3n) is 4.23. The van der Waals surface area contributed by atoms with Crippen molar-refractivity contribution in [3.8, 4) is 5.75 Å². The fourth-order valence-electron chi connectivity index (χ4n) is 2.63. The van der Waals surface area contributed by atoms with E-state index in [1.54, 1.807) is 26.1 Å². The molecular weight excluding hydrogens is 347 g/mol. The van der Waals surface area contributed by atoms with E-state index in [0.717, 1.165) is 5.69 Å². The zero-order valence-corrected chi connectivity index (χ0v) is 14.8. The molecule has 0 amide bonds. The van der Waals surface area contributed by atoms with Crippen LogP contribution >= 0.6 is 0 Å². The van der Waals surface area contributed by atoms with Gasteiger partial charge in [0.2, 0.25) is 10.0 Å². The summed E-state index contributed by atoms with van der Waals surface area (Å²) >= 11 is 0. The lowest BCUT2D eigenvalue weighted by Gasteiger charge is -2.37. The number of rotatable bonds is 5. The summed E-state index contributed by atoms with van der Waals surface area (Å²) in [5, 5.41) is 0. The van der Waals surface area contributed by atoms with Crippen molar-refractivity contribution in [3.05, 3.63) is 63.8 Å². The molecule has 0 unspecified atom stereocenters. The molecule has 3 rings (SSSR count). The zero-order chi connectivity index (χ0) is 18.2. The van der Waals surface area contributed by atoms with Gasteiger partial charge in [0.15, 0.2) is 0 Å². The van der Waals surface area contributed by atoms with E-state index in [-0.39, 0.29) is 30.5 Å². The van der Waals surface area contributed by atoms with E-state index in [4.69, 9.17) is 4.74 Å². The molecule has 134 valence electrons. The highest BCUT2D eigenvalue weighted by atomic mass is 32.2. The largest absolute Gasteiger partial charge is 0.487 e. The molecule has 2 aromatic rings. The lowest BCUT2D eigenvalue weighted by atomic mass is 10.2. The molecule has 1 aliphatic rings. The van der Waals surface area contributed by atoms with Crippen molar-refractivity contribution in [1.29, 1.82) is 0 Å². The second-order valence-corrected chi connectivity index (χ2v) is 8.14. The number of benzene rings is 1. The van der Waals surface area contributed by atoms with Gasteiger partial charge in [0, 0.05) is 18.8 Å². The number of aromatic nitrogens is 1. The Balaban J connectivity index is 1.61. The molecule has 1 aromatic carbocycles. The highest BCUT2D eigenvalue weighted by Crippen LogP contribution is 2.22. The van der Waals surface area contributed by atoms with Crippen molar-refractivity contribution < 1.29 is 17.5 Å². The fraction of sp³-hybridized carbons (Fsp3) is 0.353. The Morgan fingerprint density at radius 1 is 1.24 bits per heavy atom. The van der Waals surface area contributed by atoms with Gasteiger partial charge in [-0.3, -0.25) is 4.79 Å². The van der Waals surface area contributed by atoms with Crippen molar-refractivity contribution in [3.63, 3.8) is 0 Å². The molecule has 0 N–H and O–H groups in total. The van der Waals surface area contributed by atoms with Gasteiger partial charge in [0.25, 0.3) is 5.56 Å². The summed E-state index contributed by atoms with van der Waals surface area (Å²) in [6, 6.07) is 8.68. The summed E-state index contributed by atoms with van der Waals surface area (Å²) in [6.45, 7) is 2.22. The van der Waals surface area contributed by atoms with Gasteiger partial charge in [-0.05, 0) is 30.7 Å². The van der Waals surface area contributed by atoms with E-state index in [1.807, 2.05) is 0 Å². The van der Waals surface area contributed by atoms with Crippen molar-refractivity contribution in [2.45, 2.75) is 18.8 Å². The SMILES string of the molecule is Cc1cc(OC2CN(S(=O)(=O)Cc3cccc(F)c3)C2)cc(=O)n1C. The number of pyridine rings is 1. The van der Waals surface area contributed by atoms with Crippen LogP contribution < -0.4 is 10.3 Å². The highest BCUT2D eigenvalue weighted by Gasteiger charge is 2.37. The maximum Gasteiger partial charge on any atom is 0.254 e. The molecule has 8 heteroatoms. The average molecular weight is 366 g/mol. The fourth-order valence-corrected chi connectivity index (χ4v) is 4.20. The molecule has 2 heterocycles. The highest BCUT2D eigenvalue weighted by molar-refractivity contribution is 7.88. The van der Waals surface area contributed by atoms with Crippen LogP contribution in [0.25, 0.3) is 0 Å². The first-order chi connectivity index (χ1) is 11.7. The van der Waals surface area contributed by atoms with Crippen LogP contribution in [0.4, 0.5) is 4.39 Å². The van der Waals surface area contributed by atoms with Gasteiger partial charge in [0.1, 0.15) is 17.7 Å². The van der Waals surface area contributed by atoms with Crippen molar-refractivity contribution in [2.75, 3.05) is 13.1 Å². The van der Waals surface area contributed by atoms with E-state index in [9.17, 15) is 17.6 Å². The first-order valence-electron chi connectivity index (χ1n) is 7.81. The van der Waals surface area contributed by atoms with E-state index in [1.165, 1.54) is 33.1 Å². The molecular formula is C17H19FN2O4S. The Kier molecular flexibility index (Phi) is 4.66. The summed E-state index contributed by atoms with van der Waals surface area (Å²) in [5.41, 5.74) is 0.994. The van der Waals surface area contributed by atoms with Crippen LogP contribution in [-0.4, -0.2) is 36.5 Å². The maximum atomic E-state index is 13.2. The number of sulfonamides is 1. The summed E-state index contributed by atoms with van der Waals surface area (Å²) in [4.78, 5) is 11.7. The monoisotopic (exact) mass is 366 g/mol. The minimum absolute atomic E-state index is 0.176. The maximum absolute atomic E-state index is 13.2. The Bertz CT molecular complexity index is 949. The van der Waals surface area contributed by atoms with Crippen molar-refractivity contribution in [2.24, 2.45) is 7.05 Å². The average Bonchev–Trinajstić information content (AvgIpc) is 2.47. The predicted octanol–water partition coefficient (Wildman–Crippen LogP) is 1.43. The van der Waals surface area contributed by atoms with Crippen LogP contribution in [0.2, 0.25) is 0 Å². The summed E-state index contributed by atoms with van der Waals surface area (Å²) in [6.07, 6.45) is -0.297. The number of hydrogen-bond acceptors (Lipinski definition) is 4. The number of halogens is 1. The Morgan fingerprint density at radius 3 is 2.60 bits per heavy atom. The molecule has 1 aromatic heterocycles. The van der Waals surface area contributed by atoms with Gasteiger partial charge in [-0.1, -0.05) is 12.1 Å². The number of aryl methyl sites for hydroxylation is 1. The van der Waals surface area contributed by atoms with Crippen LogP contribution in [0.5, 0.6) is 5.75 Å². The third kappa shape index (κ3) is 3.91. The quantitative estimate of drug-likeness (QED) is 0.803. The molecule has 0 bridgehead atoms. The summed E-state index contributed by atoms with van der Waals surface area (Å²) < 4.78 is 46.3.